The highest BCUT2D eigenvalue weighted by Gasteiger charge is 2.22. The van der Waals surface area contributed by atoms with Crippen LogP contribution in [0.3, 0.4) is 0 Å². The molecule has 2 N–H and O–H groups in total. The van der Waals surface area contributed by atoms with Crippen LogP contribution >= 0.6 is 0 Å². The molecule has 0 saturated heterocycles. The van der Waals surface area contributed by atoms with Crippen LogP contribution in [0.2, 0.25) is 0 Å². The van der Waals surface area contributed by atoms with Gasteiger partial charge < -0.3 is 10.4 Å². The Morgan fingerprint density at radius 2 is 1.87 bits per heavy atom. The molecule has 1 atom stereocenters. The predicted octanol–water partition coefficient (Wildman–Crippen LogP) is 1.34. The summed E-state index contributed by atoms with van der Waals surface area (Å²) in [5, 5.41) is 11.2. The highest BCUT2D eigenvalue weighted by molar-refractivity contribution is 5.91. The molecular formula is C11H17NO3. The van der Waals surface area contributed by atoms with Gasteiger partial charge in [-0.15, -0.1) is 0 Å². The Balaban J connectivity index is 4.30. The van der Waals surface area contributed by atoms with Crippen LogP contribution in [-0.4, -0.2) is 23.0 Å². The quantitative estimate of drug-likeness (QED) is 0.532. The van der Waals surface area contributed by atoms with Crippen molar-refractivity contribution in [1.82, 2.24) is 5.32 Å². The first-order chi connectivity index (χ1) is 6.99. The summed E-state index contributed by atoms with van der Waals surface area (Å²) in [5.41, 5.74) is 0. The largest absolute Gasteiger partial charge is 0.480 e. The normalized spacial score (nSPS) is 13.6. The number of aliphatic carboxylic acids is 1. The number of amides is 1. The monoisotopic (exact) mass is 211 g/mol. The van der Waals surface area contributed by atoms with Crippen molar-refractivity contribution in [3.63, 3.8) is 0 Å². The molecule has 4 heteroatoms. The molecule has 0 bridgehead atoms. The van der Waals surface area contributed by atoms with Crippen molar-refractivity contribution in [1.29, 1.82) is 0 Å². The van der Waals surface area contributed by atoms with E-state index < -0.39 is 17.9 Å². The van der Waals surface area contributed by atoms with Crippen molar-refractivity contribution in [2.75, 3.05) is 0 Å². The second-order valence-corrected chi connectivity index (χ2v) is 3.45. The molecule has 0 radical (unpaired) electrons. The van der Waals surface area contributed by atoms with E-state index in [9.17, 15) is 9.59 Å². The second kappa shape index (κ2) is 6.81. The van der Waals surface area contributed by atoms with Gasteiger partial charge in [-0.2, -0.15) is 0 Å². The molecule has 0 fully saturated rings. The average Bonchev–Trinajstić information content (AvgIpc) is 2.13. The standard InChI is InChI=1S/C11H17NO3/c1-4-5-6-7-9(13)12-10(8(2)3)11(14)15/h4-8,10H,1-3H3,(H,12,13)(H,14,15)/b5-4+,7-6+. The molecule has 4 nitrogen and oxygen atoms in total. The first-order valence-corrected chi connectivity index (χ1v) is 4.81. The number of hydrogen-bond donors (Lipinski definition) is 2. The van der Waals surface area contributed by atoms with Crippen LogP contribution in [0.25, 0.3) is 0 Å². The van der Waals surface area contributed by atoms with E-state index >= 15 is 0 Å². The van der Waals surface area contributed by atoms with Crippen LogP contribution in [0.4, 0.5) is 0 Å². The van der Waals surface area contributed by atoms with Crippen molar-refractivity contribution in [3.8, 4) is 0 Å². The first-order valence-electron chi connectivity index (χ1n) is 4.81. The highest BCUT2D eigenvalue weighted by atomic mass is 16.4. The summed E-state index contributed by atoms with van der Waals surface area (Å²) in [7, 11) is 0. The Morgan fingerprint density at radius 3 is 2.27 bits per heavy atom. The van der Waals surface area contributed by atoms with Crippen molar-refractivity contribution < 1.29 is 14.7 Å². The van der Waals surface area contributed by atoms with Crippen molar-refractivity contribution in [2.45, 2.75) is 26.8 Å². The minimum Gasteiger partial charge on any atom is -0.480 e. The number of carbonyl (C=O) groups excluding carboxylic acids is 1. The number of nitrogens with one attached hydrogen (secondary N) is 1. The predicted molar refractivity (Wildman–Crippen MR) is 58.4 cm³/mol. The maximum absolute atomic E-state index is 11.2. The summed E-state index contributed by atoms with van der Waals surface area (Å²) in [6.45, 7) is 5.32. The molecule has 15 heavy (non-hydrogen) atoms. The van der Waals surface area contributed by atoms with Crippen molar-refractivity contribution in [2.24, 2.45) is 5.92 Å². The van der Waals surface area contributed by atoms with Gasteiger partial charge in [0.05, 0.1) is 0 Å². The molecule has 0 spiro atoms. The second-order valence-electron chi connectivity index (χ2n) is 3.45. The maximum Gasteiger partial charge on any atom is 0.326 e. The summed E-state index contributed by atoms with van der Waals surface area (Å²) < 4.78 is 0. The van der Waals surface area contributed by atoms with Gasteiger partial charge in [-0.05, 0) is 12.8 Å². The summed E-state index contributed by atoms with van der Waals surface area (Å²) in [5.74, 6) is -1.55. The van der Waals surface area contributed by atoms with E-state index in [1.807, 2.05) is 6.92 Å². The fourth-order valence-electron chi connectivity index (χ4n) is 0.969. The van der Waals surface area contributed by atoms with Gasteiger partial charge in [0.2, 0.25) is 5.91 Å². The van der Waals surface area contributed by atoms with Gasteiger partial charge in [0.25, 0.3) is 0 Å². The molecule has 1 amide bonds. The Hall–Kier alpha value is -1.58. The van der Waals surface area contributed by atoms with Crippen molar-refractivity contribution in [3.05, 3.63) is 24.3 Å². The fraction of sp³-hybridized carbons (Fsp3) is 0.455. The molecule has 0 aliphatic rings. The van der Waals surface area contributed by atoms with Crippen LogP contribution < -0.4 is 5.32 Å². The third-order valence-corrected chi connectivity index (χ3v) is 1.78. The molecule has 0 aromatic carbocycles. The summed E-state index contributed by atoms with van der Waals surface area (Å²) in [4.78, 5) is 22.0. The molecule has 0 aliphatic heterocycles. The lowest BCUT2D eigenvalue weighted by atomic mass is 10.0. The van der Waals surface area contributed by atoms with Crippen LogP contribution in [0.1, 0.15) is 20.8 Å². The molecule has 0 rings (SSSR count). The van der Waals surface area contributed by atoms with E-state index in [0.717, 1.165) is 0 Å². The van der Waals surface area contributed by atoms with Gasteiger partial charge in [0, 0.05) is 6.08 Å². The zero-order valence-corrected chi connectivity index (χ0v) is 9.23. The zero-order chi connectivity index (χ0) is 11.8. The smallest absolute Gasteiger partial charge is 0.326 e. The molecule has 0 aromatic rings. The molecular weight excluding hydrogens is 194 g/mol. The Bertz CT molecular complexity index is 280. The number of carboxylic acids is 1. The zero-order valence-electron chi connectivity index (χ0n) is 9.23. The number of hydrogen-bond acceptors (Lipinski definition) is 2. The Morgan fingerprint density at radius 1 is 1.27 bits per heavy atom. The lowest BCUT2D eigenvalue weighted by Crippen LogP contribution is -2.43. The number of carboxylic acid groups (broad SMARTS) is 1. The molecule has 84 valence electrons. The third kappa shape index (κ3) is 5.67. The van der Waals surface area contributed by atoms with E-state index in [4.69, 9.17) is 5.11 Å². The lowest BCUT2D eigenvalue weighted by Gasteiger charge is -2.16. The minimum atomic E-state index is -1.02. The van der Waals surface area contributed by atoms with E-state index in [1.165, 1.54) is 6.08 Å². The van der Waals surface area contributed by atoms with E-state index in [2.05, 4.69) is 5.32 Å². The Labute approximate surface area is 89.7 Å². The van der Waals surface area contributed by atoms with Crippen molar-refractivity contribution >= 4 is 11.9 Å². The topological polar surface area (TPSA) is 66.4 Å². The van der Waals surface area contributed by atoms with E-state index in [1.54, 1.807) is 32.1 Å². The molecule has 0 aliphatic carbocycles. The molecule has 0 aromatic heterocycles. The Kier molecular flexibility index (Phi) is 6.09. The van der Waals surface area contributed by atoms with Crippen LogP contribution in [0.15, 0.2) is 24.3 Å². The van der Waals surface area contributed by atoms with Gasteiger partial charge in [0.1, 0.15) is 6.04 Å². The summed E-state index contributed by atoms with van der Waals surface area (Å²) in [6, 6.07) is -0.840. The van der Waals surface area contributed by atoms with Gasteiger partial charge in [-0.3, -0.25) is 4.79 Å². The van der Waals surface area contributed by atoms with Gasteiger partial charge in [-0.25, -0.2) is 4.79 Å². The van der Waals surface area contributed by atoms with Gasteiger partial charge >= 0.3 is 5.97 Å². The summed E-state index contributed by atoms with van der Waals surface area (Å²) >= 11 is 0. The minimum absolute atomic E-state index is 0.137. The number of allylic oxidation sites excluding steroid dienone is 3. The molecule has 1 unspecified atom stereocenters. The van der Waals surface area contributed by atoms with Crippen LogP contribution in [0, 0.1) is 5.92 Å². The third-order valence-electron chi connectivity index (χ3n) is 1.78. The lowest BCUT2D eigenvalue weighted by molar-refractivity contribution is -0.142. The average molecular weight is 211 g/mol. The summed E-state index contributed by atoms with van der Waals surface area (Å²) in [6.07, 6.45) is 6.35. The van der Waals surface area contributed by atoms with E-state index in [0.29, 0.717) is 0 Å². The number of carbonyl (C=O) groups is 2. The molecule has 0 saturated carbocycles. The van der Waals surface area contributed by atoms with Crippen LogP contribution in [-0.2, 0) is 9.59 Å². The van der Waals surface area contributed by atoms with Gasteiger partial charge in [0.15, 0.2) is 0 Å². The maximum atomic E-state index is 11.2. The first kappa shape index (κ1) is 13.4. The molecule has 0 heterocycles. The number of rotatable bonds is 5. The fourth-order valence-corrected chi connectivity index (χ4v) is 0.969. The van der Waals surface area contributed by atoms with E-state index in [-0.39, 0.29) is 5.92 Å². The SMILES string of the molecule is C/C=C/C=C/C(=O)NC(C(=O)O)C(C)C. The van der Waals surface area contributed by atoms with Gasteiger partial charge in [-0.1, -0.05) is 32.1 Å². The van der Waals surface area contributed by atoms with Crippen LogP contribution in [0.5, 0.6) is 0 Å². The highest BCUT2D eigenvalue weighted by Crippen LogP contribution is 2.01.